The average Bonchev–Trinajstić information content (AvgIpc) is 2.05. The zero-order valence-electron chi connectivity index (χ0n) is 6.80. The van der Waals surface area contributed by atoms with Crippen molar-refractivity contribution in [2.24, 2.45) is 5.92 Å². The van der Waals surface area contributed by atoms with Crippen molar-refractivity contribution in [3.63, 3.8) is 0 Å². The Bertz CT molecular complexity index is 83.3. The largest absolute Gasteiger partial charge is 0.379 e. The van der Waals surface area contributed by atoms with Crippen LogP contribution in [-0.4, -0.2) is 26.4 Å². The van der Waals surface area contributed by atoms with E-state index in [-0.39, 0.29) is 0 Å². The standard InChI is InChI=1S/C8H16O2/c1-3-7-4-8(9-2)6-10-5-7/h7-8H,3-6H2,1-2H3/t7-,8+/m0/s1. The third kappa shape index (κ3) is 1.96. The molecule has 1 heterocycles. The molecular weight excluding hydrogens is 128 g/mol. The van der Waals surface area contributed by atoms with E-state index in [9.17, 15) is 0 Å². The minimum Gasteiger partial charge on any atom is -0.379 e. The molecule has 1 aliphatic heterocycles. The number of hydrogen-bond donors (Lipinski definition) is 0. The first kappa shape index (κ1) is 8.02. The highest BCUT2D eigenvalue weighted by Crippen LogP contribution is 2.18. The van der Waals surface area contributed by atoms with E-state index in [0.717, 1.165) is 19.1 Å². The predicted octanol–water partition coefficient (Wildman–Crippen LogP) is 1.45. The van der Waals surface area contributed by atoms with E-state index < -0.39 is 0 Å². The Labute approximate surface area is 62.5 Å². The SMILES string of the molecule is CC[C@@H]1COC[C@H](OC)C1. The third-order valence-electron chi connectivity index (χ3n) is 2.16. The average molecular weight is 144 g/mol. The van der Waals surface area contributed by atoms with Crippen LogP contribution in [0, 0.1) is 5.92 Å². The molecule has 0 radical (unpaired) electrons. The van der Waals surface area contributed by atoms with Crippen LogP contribution < -0.4 is 0 Å². The summed E-state index contributed by atoms with van der Waals surface area (Å²) in [4.78, 5) is 0. The molecule has 2 heteroatoms. The van der Waals surface area contributed by atoms with Crippen LogP contribution in [0.25, 0.3) is 0 Å². The summed E-state index contributed by atoms with van der Waals surface area (Å²) in [6.07, 6.45) is 2.73. The highest BCUT2D eigenvalue weighted by atomic mass is 16.5. The van der Waals surface area contributed by atoms with Crippen LogP contribution in [0.4, 0.5) is 0 Å². The van der Waals surface area contributed by atoms with Crippen molar-refractivity contribution in [2.75, 3.05) is 20.3 Å². The summed E-state index contributed by atoms with van der Waals surface area (Å²) in [7, 11) is 1.76. The molecule has 10 heavy (non-hydrogen) atoms. The molecule has 0 aromatic heterocycles. The van der Waals surface area contributed by atoms with Gasteiger partial charge in [0, 0.05) is 13.7 Å². The Hall–Kier alpha value is -0.0800. The van der Waals surface area contributed by atoms with Crippen molar-refractivity contribution in [2.45, 2.75) is 25.9 Å². The fourth-order valence-electron chi connectivity index (χ4n) is 1.32. The molecule has 1 rings (SSSR count). The van der Waals surface area contributed by atoms with Crippen molar-refractivity contribution in [3.05, 3.63) is 0 Å². The number of rotatable bonds is 2. The third-order valence-corrected chi connectivity index (χ3v) is 2.16. The number of ether oxygens (including phenoxy) is 2. The molecular formula is C8H16O2. The lowest BCUT2D eigenvalue weighted by atomic mass is 9.98. The fraction of sp³-hybridized carbons (Fsp3) is 1.00. The summed E-state index contributed by atoms with van der Waals surface area (Å²) < 4.78 is 10.5. The first-order chi connectivity index (χ1) is 4.86. The van der Waals surface area contributed by atoms with E-state index in [2.05, 4.69) is 6.92 Å². The maximum atomic E-state index is 5.35. The molecule has 0 aliphatic carbocycles. The monoisotopic (exact) mass is 144 g/mol. The molecule has 2 atom stereocenters. The number of hydrogen-bond acceptors (Lipinski definition) is 2. The van der Waals surface area contributed by atoms with Crippen LogP contribution in [0.3, 0.4) is 0 Å². The van der Waals surface area contributed by atoms with Crippen LogP contribution in [0.5, 0.6) is 0 Å². The molecule has 1 saturated heterocycles. The minimum atomic E-state index is 0.346. The normalized spacial score (nSPS) is 34.2. The second kappa shape index (κ2) is 3.94. The van der Waals surface area contributed by atoms with Gasteiger partial charge in [0.1, 0.15) is 0 Å². The lowest BCUT2D eigenvalue weighted by Crippen LogP contribution is -2.30. The van der Waals surface area contributed by atoms with E-state index in [1.165, 1.54) is 12.8 Å². The maximum absolute atomic E-state index is 5.35. The van der Waals surface area contributed by atoms with Gasteiger partial charge < -0.3 is 9.47 Å². The molecule has 0 aromatic rings. The highest BCUT2D eigenvalue weighted by Gasteiger charge is 2.20. The Balaban J connectivity index is 2.25. The van der Waals surface area contributed by atoms with Gasteiger partial charge in [-0.25, -0.2) is 0 Å². The van der Waals surface area contributed by atoms with Crippen molar-refractivity contribution < 1.29 is 9.47 Å². The second-order valence-corrected chi connectivity index (χ2v) is 2.91. The van der Waals surface area contributed by atoms with Gasteiger partial charge in [-0.2, -0.15) is 0 Å². The first-order valence-electron chi connectivity index (χ1n) is 3.97. The van der Waals surface area contributed by atoms with E-state index in [0.29, 0.717) is 6.10 Å². The Kier molecular flexibility index (Phi) is 3.16. The summed E-state index contributed by atoms with van der Waals surface area (Å²) >= 11 is 0. The van der Waals surface area contributed by atoms with Crippen molar-refractivity contribution >= 4 is 0 Å². The quantitative estimate of drug-likeness (QED) is 0.584. The Morgan fingerprint density at radius 2 is 2.30 bits per heavy atom. The molecule has 0 amide bonds. The summed E-state index contributed by atoms with van der Waals surface area (Å²) in [5.74, 6) is 0.721. The second-order valence-electron chi connectivity index (χ2n) is 2.91. The van der Waals surface area contributed by atoms with Gasteiger partial charge in [-0.05, 0) is 12.3 Å². The smallest absolute Gasteiger partial charge is 0.0808 e. The van der Waals surface area contributed by atoms with Gasteiger partial charge in [0.2, 0.25) is 0 Å². The molecule has 0 aromatic carbocycles. The molecule has 60 valence electrons. The Morgan fingerprint density at radius 3 is 2.90 bits per heavy atom. The molecule has 2 nitrogen and oxygen atoms in total. The predicted molar refractivity (Wildman–Crippen MR) is 40.0 cm³/mol. The summed E-state index contributed by atoms with van der Waals surface area (Å²) in [5.41, 5.74) is 0. The van der Waals surface area contributed by atoms with Crippen molar-refractivity contribution in [1.82, 2.24) is 0 Å². The summed E-state index contributed by atoms with van der Waals surface area (Å²) in [5, 5.41) is 0. The molecule has 0 unspecified atom stereocenters. The summed E-state index contributed by atoms with van der Waals surface area (Å²) in [6.45, 7) is 3.91. The van der Waals surface area contributed by atoms with Gasteiger partial charge in [-0.1, -0.05) is 13.3 Å². The zero-order chi connectivity index (χ0) is 7.40. The molecule has 0 saturated carbocycles. The molecule has 1 aliphatic rings. The molecule has 1 fully saturated rings. The van der Waals surface area contributed by atoms with Gasteiger partial charge in [0.15, 0.2) is 0 Å². The van der Waals surface area contributed by atoms with Crippen LogP contribution in [0.15, 0.2) is 0 Å². The fourth-order valence-corrected chi connectivity index (χ4v) is 1.32. The molecule has 0 bridgehead atoms. The van der Waals surface area contributed by atoms with E-state index in [1.54, 1.807) is 7.11 Å². The maximum Gasteiger partial charge on any atom is 0.0808 e. The van der Waals surface area contributed by atoms with Crippen LogP contribution in [0.2, 0.25) is 0 Å². The zero-order valence-corrected chi connectivity index (χ0v) is 6.80. The lowest BCUT2D eigenvalue weighted by molar-refractivity contribution is -0.0560. The first-order valence-corrected chi connectivity index (χ1v) is 3.97. The van der Waals surface area contributed by atoms with Crippen LogP contribution in [-0.2, 0) is 9.47 Å². The number of methoxy groups -OCH3 is 1. The summed E-state index contributed by atoms with van der Waals surface area (Å²) in [6, 6.07) is 0. The van der Waals surface area contributed by atoms with Crippen LogP contribution >= 0.6 is 0 Å². The van der Waals surface area contributed by atoms with E-state index in [1.807, 2.05) is 0 Å². The van der Waals surface area contributed by atoms with Gasteiger partial charge in [0.05, 0.1) is 12.7 Å². The van der Waals surface area contributed by atoms with Gasteiger partial charge in [0.25, 0.3) is 0 Å². The molecule has 0 N–H and O–H groups in total. The molecule has 0 spiro atoms. The van der Waals surface area contributed by atoms with Gasteiger partial charge in [-0.15, -0.1) is 0 Å². The van der Waals surface area contributed by atoms with Crippen molar-refractivity contribution in [3.8, 4) is 0 Å². The van der Waals surface area contributed by atoms with Crippen LogP contribution in [0.1, 0.15) is 19.8 Å². The lowest BCUT2D eigenvalue weighted by Gasteiger charge is -2.27. The van der Waals surface area contributed by atoms with E-state index in [4.69, 9.17) is 9.47 Å². The topological polar surface area (TPSA) is 18.5 Å². The minimum absolute atomic E-state index is 0.346. The van der Waals surface area contributed by atoms with Crippen molar-refractivity contribution in [1.29, 1.82) is 0 Å². The highest BCUT2D eigenvalue weighted by molar-refractivity contribution is 4.69. The van der Waals surface area contributed by atoms with E-state index >= 15 is 0 Å². The van der Waals surface area contributed by atoms with Gasteiger partial charge >= 0.3 is 0 Å². The van der Waals surface area contributed by atoms with Gasteiger partial charge in [-0.3, -0.25) is 0 Å². The Morgan fingerprint density at radius 1 is 1.50 bits per heavy atom.